The minimum Gasteiger partial charge on any atom is -0.496 e. The van der Waals surface area contributed by atoms with Gasteiger partial charge in [0.1, 0.15) is 5.75 Å². The Hall–Kier alpha value is -1.35. The van der Waals surface area contributed by atoms with E-state index in [2.05, 4.69) is 5.32 Å². The van der Waals surface area contributed by atoms with E-state index in [-0.39, 0.29) is 5.78 Å². The number of hydrogen-bond acceptors (Lipinski definition) is 3. The number of Topliss-reactive ketones (excluding diaryl/α,β-unsaturated/α-hetero) is 1. The average molecular weight is 221 g/mol. The highest BCUT2D eigenvalue weighted by molar-refractivity contribution is 5.99. The summed E-state index contributed by atoms with van der Waals surface area (Å²) in [6.07, 6.45) is 0.495. The van der Waals surface area contributed by atoms with Crippen molar-refractivity contribution in [1.82, 2.24) is 5.32 Å². The Kier molecular flexibility index (Phi) is 4.50. The van der Waals surface area contributed by atoms with Gasteiger partial charge in [-0.15, -0.1) is 0 Å². The topological polar surface area (TPSA) is 38.3 Å². The molecule has 0 unspecified atom stereocenters. The summed E-state index contributed by atoms with van der Waals surface area (Å²) >= 11 is 0. The van der Waals surface area contributed by atoms with Crippen molar-refractivity contribution in [3.05, 3.63) is 28.8 Å². The first-order valence-electron chi connectivity index (χ1n) is 5.43. The first-order valence-corrected chi connectivity index (χ1v) is 5.43. The number of rotatable bonds is 5. The van der Waals surface area contributed by atoms with Crippen molar-refractivity contribution in [3.8, 4) is 5.75 Å². The molecule has 1 N–H and O–H groups in total. The van der Waals surface area contributed by atoms with Crippen molar-refractivity contribution in [1.29, 1.82) is 0 Å². The second kappa shape index (κ2) is 5.66. The lowest BCUT2D eigenvalue weighted by molar-refractivity contribution is 0.0980. The number of nitrogens with one attached hydrogen (secondary N) is 1. The van der Waals surface area contributed by atoms with Crippen LogP contribution in [0, 0.1) is 13.8 Å². The Morgan fingerprint density at radius 3 is 2.62 bits per heavy atom. The van der Waals surface area contributed by atoms with Crippen molar-refractivity contribution >= 4 is 5.78 Å². The van der Waals surface area contributed by atoms with E-state index in [4.69, 9.17) is 4.74 Å². The summed E-state index contributed by atoms with van der Waals surface area (Å²) in [6, 6.07) is 3.81. The zero-order valence-electron chi connectivity index (χ0n) is 10.4. The molecule has 0 aliphatic rings. The summed E-state index contributed by atoms with van der Waals surface area (Å²) in [6.45, 7) is 4.68. The van der Waals surface area contributed by atoms with Crippen LogP contribution >= 0.6 is 0 Å². The molecule has 0 aliphatic heterocycles. The minimum atomic E-state index is 0.120. The fourth-order valence-electron chi connectivity index (χ4n) is 1.65. The summed E-state index contributed by atoms with van der Waals surface area (Å²) in [5.41, 5.74) is 2.86. The number of ketones is 1. The number of benzene rings is 1. The van der Waals surface area contributed by atoms with Gasteiger partial charge in [0.25, 0.3) is 0 Å². The lowest BCUT2D eigenvalue weighted by Gasteiger charge is -2.12. The van der Waals surface area contributed by atoms with Crippen LogP contribution in [0.15, 0.2) is 12.1 Å². The van der Waals surface area contributed by atoms with Crippen LogP contribution in [0.1, 0.15) is 27.9 Å². The van der Waals surface area contributed by atoms with Crippen LogP contribution in [-0.4, -0.2) is 26.5 Å². The summed E-state index contributed by atoms with van der Waals surface area (Å²) in [5.74, 6) is 0.829. The fraction of sp³-hybridized carbons (Fsp3) is 0.462. The minimum absolute atomic E-state index is 0.120. The van der Waals surface area contributed by atoms with Gasteiger partial charge in [-0.3, -0.25) is 4.79 Å². The first kappa shape index (κ1) is 12.7. The predicted octanol–water partition coefficient (Wildman–Crippen LogP) is 2.10. The number of ether oxygens (including phenoxy) is 1. The maximum absolute atomic E-state index is 11.9. The van der Waals surface area contributed by atoms with Crippen LogP contribution in [-0.2, 0) is 0 Å². The number of aryl methyl sites for hydroxylation is 1. The molecular weight excluding hydrogens is 202 g/mol. The van der Waals surface area contributed by atoms with E-state index in [1.54, 1.807) is 7.11 Å². The Bertz CT molecular complexity index is 386. The normalized spacial score (nSPS) is 10.2. The van der Waals surface area contributed by atoms with E-state index in [1.165, 1.54) is 0 Å². The summed E-state index contributed by atoms with van der Waals surface area (Å²) in [5, 5.41) is 2.97. The lowest BCUT2D eigenvalue weighted by atomic mass is 10.00. The van der Waals surface area contributed by atoms with E-state index in [9.17, 15) is 4.79 Å². The Morgan fingerprint density at radius 2 is 2.06 bits per heavy atom. The highest BCUT2D eigenvalue weighted by Crippen LogP contribution is 2.26. The van der Waals surface area contributed by atoms with E-state index >= 15 is 0 Å². The standard InChI is InChI=1S/C13H19NO2/c1-9-5-6-11(12(15)7-8-14-3)13(16-4)10(9)2/h5-6,14H,7-8H2,1-4H3. The number of hydrogen-bond donors (Lipinski definition) is 1. The monoisotopic (exact) mass is 221 g/mol. The van der Waals surface area contributed by atoms with Gasteiger partial charge in [0.2, 0.25) is 0 Å². The summed E-state index contributed by atoms with van der Waals surface area (Å²) in [4.78, 5) is 11.9. The van der Waals surface area contributed by atoms with Crippen molar-refractivity contribution in [3.63, 3.8) is 0 Å². The number of carbonyl (C=O) groups excluding carboxylic acids is 1. The van der Waals surface area contributed by atoms with E-state index < -0.39 is 0 Å². The molecule has 88 valence electrons. The Labute approximate surface area is 96.8 Å². The van der Waals surface area contributed by atoms with Crippen molar-refractivity contribution in [2.24, 2.45) is 0 Å². The zero-order valence-corrected chi connectivity index (χ0v) is 10.4. The van der Waals surface area contributed by atoms with Crippen LogP contribution in [0.4, 0.5) is 0 Å². The maximum Gasteiger partial charge on any atom is 0.167 e. The van der Waals surface area contributed by atoms with Gasteiger partial charge in [-0.1, -0.05) is 6.07 Å². The molecule has 0 heterocycles. The van der Waals surface area contributed by atoms with Crippen molar-refractivity contribution in [2.75, 3.05) is 20.7 Å². The molecule has 3 nitrogen and oxygen atoms in total. The average Bonchev–Trinajstić information content (AvgIpc) is 2.29. The van der Waals surface area contributed by atoms with E-state index in [0.717, 1.165) is 11.1 Å². The largest absolute Gasteiger partial charge is 0.496 e. The Morgan fingerprint density at radius 1 is 1.38 bits per heavy atom. The number of methoxy groups -OCH3 is 1. The van der Waals surface area contributed by atoms with E-state index in [1.807, 2.05) is 33.0 Å². The third-order valence-corrected chi connectivity index (χ3v) is 2.78. The summed E-state index contributed by atoms with van der Waals surface area (Å²) < 4.78 is 5.32. The Balaban J connectivity index is 3.04. The SMILES string of the molecule is CNCCC(=O)c1ccc(C)c(C)c1OC. The molecule has 0 fully saturated rings. The molecule has 0 amide bonds. The van der Waals surface area contributed by atoms with Crippen LogP contribution in [0.5, 0.6) is 5.75 Å². The molecule has 0 spiro atoms. The molecular formula is C13H19NO2. The molecule has 1 rings (SSSR count). The predicted molar refractivity (Wildman–Crippen MR) is 65.3 cm³/mol. The zero-order chi connectivity index (χ0) is 12.1. The van der Waals surface area contributed by atoms with E-state index in [0.29, 0.717) is 24.3 Å². The van der Waals surface area contributed by atoms with Gasteiger partial charge in [0.15, 0.2) is 5.78 Å². The van der Waals surface area contributed by atoms with Gasteiger partial charge >= 0.3 is 0 Å². The quantitative estimate of drug-likeness (QED) is 0.774. The smallest absolute Gasteiger partial charge is 0.167 e. The second-order valence-electron chi connectivity index (χ2n) is 3.86. The molecule has 0 aliphatic carbocycles. The third kappa shape index (κ3) is 2.61. The van der Waals surface area contributed by atoms with Crippen molar-refractivity contribution < 1.29 is 9.53 Å². The van der Waals surface area contributed by atoms with Crippen LogP contribution < -0.4 is 10.1 Å². The molecule has 0 saturated heterocycles. The molecule has 0 bridgehead atoms. The molecule has 0 aromatic heterocycles. The first-order chi connectivity index (χ1) is 7.61. The van der Waals surface area contributed by atoms with Crippen molar-refractivity contribution in [2.45, 2.75) is 20.3 Å². The molecule has 16 heavy (non-hydrogen) atoms. The van der Waals surface area contributed by atoms with Gasteiger partial charge in [-0.2, -0.15) is 0 Å². The van der Waals surface area contributed by atoms with Crippen LogP contribution in [0.25, 0.3) is 0 Å². The molecule has 0 radical (unpaired) electrons. The highest BCUT2D eigenvalue weighted by atomic mass is 16.5. The summed E-state index contributed by atoms with van der Waals surface area (Å²) in [7, 11) is 3.45. The van der Waals surface area contributed by atoms with Crippen LogP contribution in [0.3, 0.4) is 0 Å². The van der Waals surface area contributed by atoms with Gasteiger partial charge in [-0.25, -0.2) is 0 Å². The van der Waals surface area contributed by atoms with Gasteiger partial charge in [-0.05, 0) is 38.1 Å². The second-order valence-corrected chi connectivity index (χ2v) is 3.86. The van der Waals surface area contributed by atoms with Gasteiger partial charge < -0.3 is 10.1 Å². The molecule has 3 heteroatoms. The maximum atomic E-state index is 11.9. The molecule has 0 atom stereocenters. The fourth-order valence-corrected chi connectivity index (χ4v) is 1.65. The lowest BCUT2D eigenvalue weighted by Crippen LogP contribution is -2.14. The molecule has 1 aromatic carbocycles. The molecule has 0 saturated carbocycles. The van der Waals surface area contributed by atoms with Gasteiger partial charge in [0.05, 0.1) is 12.7 Å². The molecule has 1 aromatic rings. The van der Waals surface area contributed by atoms with Gasteiger partial charge in [0, 0.05) is 13.0 Å². The highest BCUT2D eigenvalue weighted by Gasteiger charge is 2.14. The van der Waals surface area contributed by atoms with Crippen LogP contribution in [0.2, 0.25) is 0 Å². The third-order valence-electron chi connectivity index (χ3n) is 2.78. The number of carbonyl (C=O) groups is 1.